The molecule has 1 aromatic carbocycles. The second-order valence-electron chi connectivity index (χ2n) is 6.37. The summed E-state index contributed by atoms with van der Waals surface area (Å²) in [5, 5.41) is 2.75. The summed E-state index contributed by atoms with van der Waals surface area (Å²) in [5.74, 6) is 0.192. The molecule has 0 radical (unpaired) electrons. The molecule has 1 fully saturated rings. The van der Waals surface area contributed by atoms with Gasteiger partial charge in [0.1, 0.15) is 5.75 Å². The first-order valence-electron chi connectivity index (χ1n) is 8.44. The Balaban J connectivity index is 2.24. The molecule has 1 aromatic rings. The number of hydrogen-bond donors (Lipinski definition) is 2. The molecule has 1 aliphatic rings. The molecule has 1 amide bonds. The number of piperidine rings is 1. The molecule has 1 saturated heterocycles. The van der Waals surface area contributed by atoms with E-state index in [-0.39, 0.29) is 23.3 Å². The molecule has 0 aromatic heterocycles. The Morgan fingerprint density at radius 2 is 2.08 bits per heavy atom. The number of ether oxygens (including phenoxy) is 1. The van der Waals surface area contributed by atoms with Crippen LogP contribution < -0.4 is 15.8 Å². The molecule has 0 bridgehead atoms. The van der Waals surface area contributed by atoms with Crippen LogP contribution in [0.15, 0.2) is 17.0 Å². The van der Waals surface area contributed by atoms with Crippen LogP contribution in [0, 0.1) is 19.8 Å². The molecule has 3 N–H and O–H groups in total. The summed E-state index contributed by atoms with van der Waals surface area (Å²) in [6.07, 6.45) is 1.34. The minimum Gasteiger partial charge on any atom is -0.496 e. The van der Waals surface area contributed by atoms with Crippen molar-refractivity contribution in [3.8, 4) is 5.75 Å². The molecule has 140 valence electrons. The maximum absolute atomic E-state index is 13.1. The van der Waals surface area contributed by atoms with E-state index in [9.17, 15) is 13.2 Å². The lowest BCUT2D eigenvalue weighted by Gasteiger charge is -2.31. The third kappa shape index (κ3) is 4.31. The number of rotatable bonds is 6. The quantitative estimate of drug-likeness (QED) is 0.772. The zero-order valence-electron chi connectivity index (χ0n) is 15.0. The largest absolute Gasteiger partial charge is 0.496 e. The number of benzene rings is 1. The molecule has 0 spiro atoms. The summed E-state index contributed by atoms with van der Waals surface area (Å²) < 4.78 is 32.8. The molecule has 0 saturated carbocycles. The van der Waals surface area contributed by atoms with Crippen LogP contribution in [0.3, 0.4) is 0 Å². The van der Waals surface area contributed by atoms with Gasteiger partial charge in [0.15, 0.2) is 0 Å². The molecule has 0 aliphatic carbocycles. The Morgan fingerprint density at radius 1 is 1.36 bits per heavy atom. The van der Waals surface area contributed by atoms with Crippen molar-refractivity contribution >= 4 is 15.9 Å². The third-order valence-electron chi connectivity index (χ3n) is 4.51. The highest BCUT2D eigenvalue weighted by atomic mass is 32.2. The smallest absolute Gasteiger partial charge is 0.243 e. The molecule has 7 nitrogen and oxygen atoms in total. The van der Waals surface area contributed by atoms with Crippen LogP contribution >= 0.6 is 0 Å². The fourth-order valence-electron chi connectivity index (χ4n) is 3.11. The van der Waals surface area contributed by atoms with Crippen molar-refractivity contribution in [2.45, 2.75) is 31.6 Å². The van der Waals surface area contributed by atoms with E-state index in [2.05, 4.69) is 5.32 Å². The number of nitrogens with two attached hydrogens (primary N) is 1. The summed E-state index contributed by atoms with van der Waals surface area (Å²) >= 11 is 0. The number of amides is 1. The molecule has 1 heterocycles. The second kappa shape index (κ2) is 8.16. The van der Waals surface area contributed by atoms with Crippen LogP contribution in [0.5, 0.6) is 5.75 Å². The van der Waals surface area contributed by atoms with Gasteiger partial charge in [-0.2, -0.15) is 4.31 Å². The minimum absolute atomic E-state index is 0.131. The van der Waals surface area contributed by atoms with Crippen LogP contribution in [0.2, 0.25) is 0 Å². The van der Waals surface area contributed by atoms with Gasteiger partial charge in [-0.05, 0) is 49.9 Å². The molecule has 25 heavy (non-hydrogen) atoms. The van der Waals surface area contributed by atoms with Gasteiger partial charge in [0, 0.05) is 26.2 Å². The van der Waals surface area contributed by atoms with Gasteiger partial charge in [-0.1, -0.05) is 0 Å². The first-order chi connectivity index (χ1) is 11.8. The number of methoxy groups -OCH3 is 1. The Labute approximate surface area is 149 Å². The molecule has 2 rings (SSSR count). The number of carbonyl (C=O) groups is 1. The van der Waals surface area contributed by atoms with E-state index in [1.807, 2.05) is 6.92 Å². The monoisotopic (exact) mass is 369 g/mol. The fraction of sp³-hybridized carbons (Fsp3) is 0.588. The normalized spacial score (nSPS) is 18.8. The van der Waals surface area contributed by atoms with Gasteiger partial charge in [-0.15, -0.1) is 0 Å². The topological polar surface area (TPSA) is 102 Å². The Hall–Kier alpha value is -1.64. The van der Waals surface area contributed by atoms with Gasteiger partial charge in [0.2, 0.25) is 15.9 Å². The number of sulfonamides is 1. The predicted octanol–water partition coefficient (Wildman–Crippen LogP) is 0.788. The summed E-state index contributed by atoms with van der Waals surface area (Å²) in [5.41, 5.74) is 6.80. The highest BCUT2D eigenvalue weighted by molar-refractivity contribution is 7.89. The van der Waals surface area contributed by atoms with Crippen LogP contribution in [0.25, 0.3) is 0 Å². The molecule has 1 aliphatic heterocycles. The van der Waals surface area contributed by atoms with Gasteiger partial charge in [0.05, 0.1) is 17.9 Å². The first kappa shape index (κ1) is 19.7. The zero-order chi connectivity index (χ0) is 18.6. The highest BCUT2D eigenvalue weighted by Crippen LogP contribution is 2.30. The van der Waals surface area contributed by atoms with Crippen LogP contribution in [-0.2, 0) is 14.8 Å². The Bertz CT molecular complexity index is 734. The lowest BCUT2D eigenvalue weighted by molar-refractivity contribution is -0.126. The maximum atomic E-state index is 13.1. The highest BCUT2D eigenvalue weighted by Gasteiger charge is 2.34. The van der Waals surface area contributed by atoms with E-state index < -0.39 is 10.0 Å². The Kier molecular flexibility index (Phi) is 6.42. The number of carbonyl (C=O) groups excluding carboxylic acids is 1. The van der Waals surface area contributed by atoms with E-state index in [1.54, 1.807) is 26.2 Å². The summed E-state index contributed by atoms with van der Waals surface area (Å²) in [6, 6.07) is 3.37. The number of nitrogens with one attached hydrogen (secondary N) is 1. The SMILES string of the molecule is COc1cc(C)c(S(=O)(=O)N2CCCC(C(=O)NCCN)C2)cc1C. The average Bonchev–Trinajstić information content (AvgIpc) is 2.61. The lowest BCUT2D eigenvalue weighted by atomic mass is 9.99. The molecule has 1 atom stereocenters. The van der Waals surface area contributed by atoms with Gasteiger partial charge in [-0.25, -0.2) is 8.42 Å². The molecule has 8 heteroatoms. The van der Waals surface area contributed by atoms with E-state index >= 15 is 0 Å². The average molecular weight is 369 g/mol. The third-order valence-corrected chi connectivity index (χ3v) is 6.52. The van der Waals surface area contributed by atoms with Gasteiger partial charge in [0.25, 0.3) is 0 Å². The van der Waals surface area contributed by atoms with Crippen molar-refractivity contribution in [2.75, 3.05) is 33.3 Å². The second-order valence-corrected chi connectivity index (χ2v) is 8.28. The van der Waals surface area contributed by atoms with E-state index in [0.717, 1.165) is 5.56 Å². The standard InChI is InChI=1S/C17H27N3O4S/c1-12-10-16(13(2)9-15(12)24-3)25(22,23)20-8-4-5-14(11-20)17(21)19-7-6-18/h9-10,14H,4-8,11,18H2,1-3H3,(H,19,21). The number of aryl methyl sites for hydroxylation is 2. The van der Waals surface area contributed by atoms with Crippen molar-refractivity contribution in [3.63, 3.8) is 0 Å². The molecule has 1 unspecified atom stereocenters. The van der Waals surface area contributed by atoms with Gasteiger partial charge < -0.3 is 15.8 Å². The van der Waals surface area contributed by atoms with Crippen molar-refractivity contribution in [1.29, 1.82) is 0 Å². The minimum atomic E-state index is -3.65. The van der Waals surface area contributed by atoms with Crippen LogP contribution in [-0.4, -0.2) is 51.9 Å². The lowest BCUT2D eigenvalue weighted by Crippen LogP contribution is -2.46. The number of nitrogens with zero attached hydrogens (tertiary/aromatic N) is 1. The first-order valence-corrected chi connectivity index (χ1v) is 9.88. The fourth-order valence-corrected chi connectivity index (χ4v) is 4.93. The molecular formula is C17H27N3O4S. The number of hydrogen-bond acceptors (Lipinski definition) is 5. The Morgan fingerprint density at radius 3 is 2.72 bits per heavy atom. The van der Waals surface area contributed by atoms with E-state index in [4.69, 9.17) is 10.5 Å². The van der Waals surface area contributed by atoms with Gasteiger partial charge in [-0.3, -0.25) is 4.79 Å². The van der Waals surface area contributed by atoms with Gasteiger partial charge >= 0.3 is 0 Å². The molecular weight excluding hydrogens is 342 g/mol. The van der Waals surface area contributed by atoms with Crippen molar-refractivity contribution < 1.29 is 17.9 Å². The maximum Gasteiger partial charge on any atom is 0.243 e. The zero-order valence-corrected chi connectivity index (χ0v) is 15.9. The van der Waals surface area contributed by atoms with E-state index in [0.29, 0.717) is 43.8 Å². The van der Waals surface area contributed by atoms with Crippen molar-refractivity contribution in [3.05, 3.63) is 23.3 Å². The van der Waals surface area contributed by atoms with Crippen LogP contribution in [0.4, 0.5) is 0 Å². The van der Waals surface area contributed by atoms with Crippen molar-refractivity contribution in [1.82, 2.24) is 9.62 Å². The van der Waals surface area contributed by atoms with E-state index in [1.165, 1.54) is 4.31 Å². The predicted molar refractivity (Wildman–Crippen MR) is 96.0 cm³/mol. The summed E-state index contributed by atoms with van der Waals surface area (Å²) in [6.45, 7) is 4.96. The summed E-state index contributed by atoms with van der Waals surface area (Å²) in [7, 11) is -2.09. The summed E-state index contributed by atoms with van der Waals surface area (Å²) in [4.78, 5) is 12.4. The van der Waals surface area contributed by atoms with Crippen LogP contribution in [0.1, 0.15) is 24.0 Å². The van der Waals surface area contributed by atoms with Crippen molar-refractivity contribution in [2.24, 2.45) is 11.7 Å².